The van der Waals surface area contributed by atoms with Crippen molar-refractivity contribution in [1.29, 1.82) is 0 Å². The molecule has 1 heterocycles. The summed E-state index contributed by atoms with van der Waals surface area (Å²) in [7, 11) is 0. The summed E-state index contributed by atoms with van der Waals surface area (Å²) in [6.07, 6.45) is 0.731. The number of ether oxygens (including phenoxy) is 1. The van der Waals surface area contributed by atoms with Crippen LogP contribution in [0.3, 0.4) is 0 Å². The van der Waals surface area contributed by atoms with Crippen LogP contribution in [0.2, 0.25) is 5.02 Å². The van der Waals surface area contributed by atoms with Crippen molar-refractivity contribution in [3.63, 3.8) is 0 Å². The summed E-state index contributed by atoms with van der Waals surface area (Å²) in [5.41, 5.74) is 3.24. The highest BCUT2D eigenvalue weighted by molar-refractivity contribution is 6.30. The molecule has 0 aromatic heterocycles. The van der Waals surface area contributed by atoms with Crippen molar-refractivity contribution < 1.29 is 9.53 Å². The molecule has 2 atom stereocenters. The number of hydrogen-bond donors (Lipinski definition) is 1. The minimum absolute atomic E-state index is 0.220. The van der Waals surface area contributed by atoms with E-state index in [0.29, 0.717) is 30.8 Å². The molecule has 168 valence electrons. The zero-order chi connectivity index (χ0) is 22.6. The van der Waals surface area contributed by atoms with E-state index in [1.165, 1.54) is 11.1 Å². The first kappa shape index (κ1) is 23.5. The Hall–Kier alpha value is -2.20. The molecule has 1 aliphatic rings. The fraction of sp³-hybridized carbons (Fsp3) is 0.500. The number of benzene rings is 2. The van der Waals surface area contributed by atoms with E-state index < -0.39 is 5.60 Å². The molecule has 0 aliphatic carbocycles. The van der Waals surface area contributed by atoms with Gasteiger partial charge in [0.15, 0.2) is 0 Å². The van der Waals surface area contributed by atoms with Crippen molar-refractivity contribution in [1.82, 2.24) is 4.90 Å². The molecule has 5 heteroatoms. The third kappa shape index (κ3) is 6.90. The molecular formula is C26H35ClN2O2. The van der Waals surface area contributed by atoms with E-state index in [9.17, 15) is 4.79 Å². The second-order valence-electron chi connectivity index (χ2n) is 9.90. The zero-order valence-corrected chi connectivity index (χ0v) is 20.1. The molecule has 31 heavy (non-hydrogen) atoms. The summed E-state index contributed by atoms with van der Waals surface area (Å²) in [6.45, 7) is 12.4. The number of nitrogens with one attached hydrogen (secondary N) is 1. The van der Waals surface area contributed by atoms with Crippen LogP contribution in [0.15, 0.2) is 48.5 Å². The standard InChI is InChI=1S/C26H35ClN2O2/c1-18(2)20-8-6-7-19(13-20)14-21-16-29(25(30)31-26(3,4)5)17-22(21)15-28-24-11-9-23(27)10-12-24/h6-13,18,21-22,28H,14-17H2,1-5H3/t21-,22+/m0/s1. The van der Waals surface area contributed by atoms with Gasteiger partial charge in [0, 0.05) is 30.3 Å². The van der Waals surface area contributed by atoms with Gasteiger partial charge in [-0.3, -0.25) is 0 Å². The summed E-state index contributed by atoms with van der Waals surface area (Å²) in [6, 6.07) is 16.6. The molecular weight excluding hydrogens is 408 g/mol. The number of anilines is 1. The maximum Gasteiger partial charge on any atom is 0.410 e. The molecule has 0 radical (unpaired) electrons. The number of hydrogen-bond acceptors (Lipinski definition) is 3. The molecule has 1 amide bonds. The van der Waals surface area contributed by atoms with E-state index in [0.717, 1.165) is 23.7 Å². The number of carbonyl (C=O) groups is 1. The maximum atomic E-state index is 12.7. The van der Waals surface area contributed by atoms with Crippen molar-refractivity contribution in [2.75, 3.05) is 25.0 Å². The van der Waals surface area contributed by atoms with Gasteiger partial charge in [0.05, 0.1) is 0 Å². The van der Waals surface area contributed by atoms with Gasteiger partial charge in [-0.25, -0.2) is 4.79 Å². The number of rotatable bonds is 6. The Bertz CT molecular complexity index is 874. The van der Waals surface area contributed by atoms with Crippen LogP contribution in [0, 0.1) is 11.8 Å². The molecule has 2 aromatic rings. The average Bonchev–Trinajstić information content (AvgIpc) is 3.09. The zero-order valence-electron chi connectivity index (χ0n) is 19.3. The normalized spacial score (nSPS) is 19.0. The van der Waals surface area contributed by atoms with E-state index in [-0.39, 0.29) is 6.09 Å². The first-order valence-electron chi connectivity index (χ1n) is 11.2. The summed E-state index contributed by atoms with van der Waals surface area (Å²) in [4.78, 5) is 14.6. The number of likely N-dealkylation sites (tertiary alicyclic amines) is 1. The van der Waals surface area contributed by atoms with Gasteiger partial charge in [0.25, 0.3) is 0 Å². The Kier molecular flexibility index (Phi) is 7.53. The van der Waals surface area contributed by atoms with Crippen LogP contribution in [-0.2, 0) is 11.2 Å². The van der Waals surface area contributed by atoms with E-state index >= 15 is 0 Å². The highest BCUT2D eigenvalue weighted by atomic mass is 35.5. The van der Waals surface area contributed by atoms with Crippen molar-refractivity contribution in [3.05, 3.63) is 64.7 Å². The highest BCUT2D eigenvalue weighted by Gasteiger charge is 2.37. The predicted octanol–water partition coefficient (Wildman–Crippen LogP) is 6.60. The Morgan fingerprint density at radius 2 is 1.81 bits per heavy atom. The molecule has 0 unspecified atom stereocenters. The van der Waals surface area contributed by atoms with Crippen LogP contribution in [-0.4, -0.2) is 36.2 Å². The van der Waals surface area contributed by atoms with Crippen molar-refractivity contribution in [2.45, 2.75) is 52.6 Å². The molecule has 1 saturated heterocycles. The monoisotopic (exact) mass is 442 g/mol. The Balaban J connectivity index is 1.72. The lowest BCUT2D eigenvalue weighted by molar-refractivity contribution is 0.0284. The van der Waals surface area contributed by atoms with Crippen LogP contribution in [0.5, 0.6) is 0 Å². The second-order valence-corrected chi connectivity index (χ2v) is 10.3. The Morgan fingerprint density at radius 3 is 2.45 bits per heavy atom. The largest absolute Gasteiger partial charge is 0.444 e. The number of nitrogens with zero attached hydrogens (tertiary/aromatic N) is 1. The van der Waals surface area contributed by atoms with Crippen LogP contribution in [0.25, 0.3) is 0 Å². The number of amides is 1. The first-order chi connectivity index (χ1) is 14.6. The van der Waals surface area contributed by atoms with Gasteiger partial charge in [0.2, 0.25) is 0 Å². The summed E-state index contributed by atoms with van der Waals surface area (Å²) < 4.78 is 5.65. The smallest absolute Gasteiger partial charge is 0.410 e. The highest BCUT2D eigenvalue weighted by Crippen LogP contribution is 2.30. The predicted molar refractivity (Wildman–Crippen MR) is 129 cm³/mol. The van der Waals surface area contributed by atoms with Crippen LogP contribution >= 0.6 is 11.6 Å². The summed E-state index contributed by atoms with van der Waals surface area (Å²) >= 11 is 6.01. The molecule has 1 fully saturated rings. The molecule has 0 spiro atoms. The van der Waals surface area contributed by atoms with Crippen LogP contribution in [0.4, 0.5) is 10.5 Å². The van der Waals surface area contributed by atoms with E-state index in [1.54, 1.807) is 0 Å². The molecule has 1 N–H and O–H groups in total. The van der Waals surface area contributed by atoms with E-state index in [4.69, 9.17) is 16.3 Å². The molecule has 1 aliphatic heterocycles. The Labute approximate surface area is 191 Å². The van der Waals surface area contributed by atoms with Gasteiger partial charge in [-0.15, -0.1) is 0 Å². The fourth-order valence-electron chi connectivity index (χ4n) is 4.08. The van der Waals surface area contributed by atoms with Crippen LogP contribution < -0.4 is 5.32 Å². The summed E-state index contributed by atoms with van der Waals surface area (Å²) in [5.74, 6) is 1.21. The van der Waals surface area contributed by atoms with Crippen LogP contribution in [0.1, 0.15) is 51.7 Å². The lowest BCUT2D eigenvalue weighted by Gasteiger charge is -2.24. The molecule has 0 saturated carbocycles. The summed E-state index contributed by atoms with van der Waals surface area (Å²) in [5, 5.41) is 4.26. The fourth-order valence-corrected chi connectivity index (χ4v) is 4.20. The lowest BCUT2D eigenvalue weighted by Crippen LogP contribution is -2.35. The van der Waals surface area contributed by atoms with Gasteiger partial charge in [-0.2, -0.15) is 0 Å². The van der Waals surface area contributed by atoms with Gasteiger partial charge >= 0.3 is 6.09 Å². The number of carbonyl (C=O) groups excluding carboxylic acids is 1. The molecule has 2 aromatic carbocycles. The average molecular weight is 443 g/mol. The first-order valence-corrected chi connectivity index (χ1v) is 11.5. The van der Waals surface area contributed by atoms with Gasteiger partial charge < -0.3 is 15.0 Å². The van der Waals surface area contributed by atoms with Gasteiger partial charge in [0.1, 0.15) is 5.60 Å². The van der Waals surface area contributed by atoms with E-state index in [2.05, 4.69) is 43.4 Å². The van der Waals surface area contributed by atoms with Crippen molar-refractivity contribution >= 4 is 23.4 Å². The Morgan fingerprint density at radius 1 is 1.13 bits per heavy atom. The lowest BCUT2D eigenvalue weighted by atomic mass is 9.88. The minimum atomic E-state index is -0.488. The third-order valence-electron chi connectivity index (χ3n) is 5.76. The third-order valence-corrected chi connectivity index (χ3v) is 6.01. The van der Waals surface area contributed by atoms with Gasteiger partial charge in [-0.1, -0.05) is 49.7 Å². The minimum Gasteiger partial charge on any atom is -0.444 e. The topological polar surface area (TPSA) is 41.6 Å². The molecule has 4 nitrogen and oxygen atoms in total. The van der Waals surface area contributed by atoms with Gasteiger partial charge in [-0.05, 0) is 80.3 Å². The quantitative estimate of drug-likeness (QED) is 0.547. The second kappa shape index (κ2) is 9.95. The van der Waals surface area contributed by atoms with Crippen molar-refractivity contribution in [2.24, 2.45) is 11.8 Å². The number of halogens is 1. The molecule has 3 rings (SSSR count). The van der Waals surface area contributed by atoms with Crippen molar-refractivity contribution in [3.8, 4) is 0 Å². The SMILES string of the molecule is CC(C)c1cccc(C[C@H]2CN(C(=O)OC(C)(C)C)C[C@H]2CNc2ccc(Cl)cc2)c1. The molecule has 0 bridgehead atoms. The van der Waals surface area contributed by atoms with E-state index in [1.807, 2.05) is 49.9 Å². The maximum absolute atomic E-state index is 12.7.